The van der Waals surface area contributed by atoms with Gasteiger partial charge in [-0.1, -0.05) is 6.07 Å². The molecule has 1 fully saturated rings. The number of carbonyl (C=O) groups excluding carboxylic acids is 3. The van der Waals surface area contributed by atoms with Crippen molar-refractivity contribution in [1.82, 2.24) is 10.6 Å². The zero-order chi connectivity index (χ0) is 20.8. The highest BCUT2D eigenvalue weighted by Gasteiger charge is 2.28. The van der Waals surface area contributed by atoms with E-state index in [1.165, 1.54) is 0 Å². The fraction of sp³-hybridized carbons (Fsp3) is 0.318. The first-order valence-electron chi connectivity index (χ1n) is 9.73. The van der Waals surface area contributed by atoms with Crippen molar-refractivity contribution in [3.63, 3.8) is 0 Å². The van der Waals surface area contributed by atoms with Gasteiger partial charge in [-0.3, -0.25) is 9.59 Å². The van der Waals surface area contributed by atoms with Crippen LogP contribution in [-0.2, 0) is 4.79 Å². The molecule has 2 aromatic rings. The number of aryl methyl sites for hydroxylation is 2. The van der Waals surface area contributed by atoms with Gasteiger partial charge in [0.1, 0.15) is 0 Å². The summed E-state index contributed by atoms with van der Waals surface area (Å²) < 4.78 is 0. The van der Waals surface area contributed by atoms with E-state index < -0.39 is 0 Å². The molecule has 0 spiro atoms. The average molecular weight is 394 g/mol. The Morgan fingerprint density at radius 3 is 2.03 bits per heavy atom. The van der Waals surface area contributed by atoms with Crippen LogP contribution < -0.4 is 21.3 Å². The molecule has 1 aliphatic rings. The number of nitrogens with one attached hydrogen (secondary N) is 4. The maximum atomic E-state index is 12.2. The lowest BCUT2D eigenvalue weighted by Crippen LogP contribution is -2.35. The maximum absolute atomic E-state index is 12.2. The fourth-order valence-electron chi connectivity index (χ4n) is 3.00. The summed E-state index contributed by atoms with van der Waals surface area (Å²) in [5.74, 6) is 0.00330. The van der Waals surface area contributed by atoms with Gasteiger partial charge < -0.3 is 21.3 Å². The molecule has 3 rings (SSSR count). The van der Waals surface area contributed by atoms with Crippen molar-refractivity contribution in [1.29, 1.82) is 0 Å². The number of hydrogen-bond acceptors (Lipinski definition) is 3. The van der Waals surface area contributed by atoms with E-state index in [2.05, 4.69) is 21.3 Å². The van der Waals surface area contributed by atoms with Crippen LogP contribution in [0.15, 0.2) is 42.5 Å². The number of urea groups is 1. The van der Waals surface area contributed by atoms with Crippen molar-refractivity contribution in [3.8, 4) is 0 Å². The molecule has 152 valence electrons. The Bertz CT molecular complexity index is 885. The lowest BCUT2D eigenvalue weighted by Gasteiger charge is -2.10. The second-order valence-electron chi connectivity index (χ2n) is 7.35. The van der Waals surface area contributed by atoms with Crippen LogP contribution in [0, 0.1) is 19.8 Å². The van der Waals surface area contributed by atoms with Crippen molar-refractivity contribution in [3.05, 3.63) is 59.2 Å². The van der Waals surface area contributed by atoms with Gasteiger partial charge in [-0.05, 0) is 74.2 Å². The van der Waals surface area contributed by atoms with Crippen molar-refractivity contribution in [2.45, 2.75) is 26.7 Å². The van der Waals surface area contributed by atoms with E-state index >= 15 is 0 Å². The van der Waals surface area contributed by atoms with Crippen LogP contribution in [0.5, 0.6) is 0 Å². The minimum atomic E-state index is -0.349. The van der Waals surface area contributed by atoms with Gasteiger partial charge in [-0.25, -0.2) is 4.79 Å². The lowest BCUT2D eigenvalue weighted by molar-refractivity contribution is -0.122. The first-order valence-corrected chi connectivity index (χ1v) is 9.73. The maximum Gasteiger partial charge on any atom is 0.323 e. The summed E-state index contributed by atoms with van der Waals surface area (Å²) in [6.07, 6.45) is 1.92. The molecule has 4 amide bonds. The molecule has 0 radical (unpaired) electrons. The summed E-state index contributed by atoms with van der Waals surface area (Å²) in [4.78, 5) is 35.9. The summed E-state index contributed by atoms with van der Waals surface area (Å²) in [6.45, 7) is 4.73. The van der Waals surface area contributed by atoms with E-state index in [-0.39, 0.29) is 23.8 Å². The van der Waals surface area contributed by atoms with Crippen LogP contribution >= 0.6 is 0 Å². The summed E-state index contributed by atoms with van der Waals surface area (Å²) >= 11 is 0. The third kappa shape index (κ3) is 6.34. The topological polar surface area (TPSA) is 99.3 Å². The van der Waals surface area contributed by atoms with Gasteiger partial charge in [0.05, 0.1) is 0 Å². The van der Waals surface area contributed by atoms with Gasteiger partial charge in [0.15, 0.2) is 0 Å². The Hall–Kier alpha value is -3.35. The molecule has 1 saturated carbocycles. The zero-order valence-electron chi connectivity index (χ0n) is 16.7. The van der Waals surface area contributed by atoms with Crippen LogP contribution in [-0.4, -0.2) is 30.9 Å². The minimum absolute atomic E-state index is 0.0637. The highest BCUT2D eigenvalue weighted by Crippen LogP contribution is 2.28. The molecule has 29 heavy (non-hydrogen) atoms. The molecular formula is C22H26N4O3. The Morgan fingerprint density at radius 1 is 0.828 bits per heavy atom. The molecule has 0 saturated heterocycles. The minimum Gasteiger partial charge on any atom is -0.354 e. The second kappa shape index (κ2) is 9.23. The molecular weight excluding hydrogens is 368 g/mol. The number of amides is 4. The van der Waals surface area contributed by atoms with Crippen LogP contribution in [0.25, 0.3) is 0 Å². The van der Waals surface area contributed by atoms with Gasteiger partial charge >= 0.3 is 6.03 Å². The molecule has 7 heteroatoms. The Labute approximate surface area is 170 Å². The third-order valence-corrected chi connectivity index (χ3v) is 4.54. The van der Waals surface area contributed by atoms with Crippen molar-refractivity contribution >= 4 is 29.2 Å². The van der Waals surface area contributed by atoms with Crippen molar-refractivity contribution in [2.24, 2.45) is 5.92 Å². The molecule has 0 aromatic heterocycles. The van der Waals surface area contributed by atoms with Crippen LogP contribution in [0.1, 0.15) is 34.3 Å². The monoisotopic (exact) mass is 394 g/mol. The number of rotatable bonds is 7. The van der Waals surface area contributed by atoms with Gasteiger partial charge in [-0.2, -0.15) is 0 Å². The fourth-order valence-corrected chi connectivity index (χ4v) is 3.00. The quantitative estimate of drug-likeness (QED) is 0.543. The molecule has 7 nitrogen and oxygen atoms in total. The average Bonchev–Trinajstić information content (AvgIpc) is 3.50. The van der Waals surface area contributed by atoms with E-state index in [1.807, 2.05) is 32.0 Å². The SMILES string of the molecule is Cc1cc(C)cc(NC(=O)Nc2ccc(C(=O)NCCNC(=O)C3CC3)cc2)c1. The van der Waals surface area contributed by atoms with Gasteiger partial charge in [0.25, 0.3) is 5.91 Å². The number of anilines is 2. The van der Waals surface area contributed by atoms with Gasteiger partial charge in [0.2, 0.25) is 5.91 Å². The van der Waals surface area contributed by atoms with Crippen molar-refractivity contribution in [2.75, 3.05) is 23.7 Å². The normalized spacial score (nSPS) is 12.8. The number of benzene rings is 2. The van der Waals surface area contributed by atoms with E-state index in [4.69, 9.17) is 0 Å². The second-order valence-corrected chi connectivity index (χ2v) is 7.35. The molecule has 0 bridgehead atoms. The number of carbonyl (C=O) groups is 3. The third-order valence-electron chi connectivity index (χ3n) is 4.54. The zero-order valence-corrected chi connectivity index (χ0v) is 16.7. The molecule has 0 heterocycles. The Morgan fingerprint density at radius 2 is 1.41 bits per heavy atom. The summed E-state index contributed by atoms with van der Waals surface area (Å²) in [7, 11) is 0. The first kappa shape index (κ1) is 20.4. The van der Waals surface area contributed by atoms with Crippen LogP contribution in [0.3, 0.4) is 0 Å². The Balaban J connectivity index is 1.44. The van der Waals surface area contributed by atoms with Crippen LogP contribution in [0.2, 0.25) is 0 Å². The Kier molecular flexibility index (Phi) is 6.49. The molecule has 0 aliphatic heterocycles. The molecule has 4 N–H and O–H groups in total. The van der Waals surface area contributed by atoms with E-state index in [9.17, 15) is 14.4 Å². The molecule has 2 aromatic carbocycles. The van der Waals surface area contributed by atoms with E-state index in [0.717, 1.165) is 29.7 Å². The van der Waals surface area contributed by atoms with Gasteiger partial charge in [0, 0.05) is 35.9 Å². The molecule has 0 atom stereocenters. The molecule has 1 aliphatic carbocycles. The predicted molar refractivity (Wildman–Crippen MR) is 113 cm³/mol. The standard InChI is InChI=1S/C22H26N4O3/c1-14-11-15(2)13-19(12-14)26-22(29)25-18-7-5-17(6-8-18)21(28)24-10-9-23-20(27)16-3-4-16/h5-8,11-13,16H,3-4,9-10H2,1-2H3,(H,23,27)(H,24,28)(H2,25,26,29). The summed E-state index contributed by atoms with van der Waals surface area (Å²) in [5, 5.41) is 11.1. The van der Waals surface area contributed by atoms with Gasteiger partial charge in [-0.15, -0.1) is 0 Å². The van der Waals surface area contributed by atoms with Crippen molar-refractivity contribution < 1.29 is 14.4 Å². The first-order chi connectivity index (χ1) is 13.9. The van der Waals surface area contributed by atoms with E-state index in [1.54, 1.807) is 24.3 Å². The smallest absolute Gasteiger partial charge is 0.323 e. The predicted octanol–water partition coefficient (Wildman–Crippen LogP) is 3.20. The lowest BCUT2D eigenvalue weighted by atomic mass is 10.1. The van der Waals surface area contributed by atoms with E-state index in [0.29, 0.717) is 24.3 Å². The largest absolute Gasteiger partial charge is 0.354 e. The molecule has 0 unspecified atom stereocenters. The van der Waals surface area contributed by atoms with Crippen LogP contribution in [0.4, 0.5) is 16.2 Å². The number of hydrogen-bond donors (Lipinski definition) is 4. The summed E-state index contributed by atoms with van der Waals surface area (Å²) in [5.41, 5.74) is 3.94. The highest BCUT2D eigenvalue weighted by atomic mass is 16.2. The summed E-state index contributed by atoms with van der Waals surface area (Å²) in [6, 6.07) is 12.1. The highest BCUT2D eigenvalue weighted by molar-refractivity contribution is 6.00.